The van der Waals surface area contributed by atoms with Crippen LogP contribution in [0.2, 0.25) is 0 Å². The molecule has 0 saturated heterocycles. The molecule has 1 rings (SSSR count). The van der Waals surface area contributed by atoms with Gasteiger partial charge in [0.15, 0.2) is 0 Å². The number of ether oxygens (including phenoxy) is 1. The average Bonchev–Trinajstić information content (AvgIpc) is 2.39. The molecule has 1 amide bonds. The number of para-hydroxylation sites is 1. The molecule has 100 valence electrons. The molecular weight excluding hydrogens is 230 g/mol. The number of amides is 1. The summed E-state index contributed by atoms with van der Waals surface area (Å²) in [5.74, 6) is 0.627. The second-order valence-corrected chi connectivity index (χ2v) is 4.01. The first-order chi connectivity index (χ1) is 8.69. The van der Waals surface area contributed by atoms with Crippen LogP contribution < -0.4 is 10.1 Å². The zero-order valence-corrected chi connectivity index (χ0v) is 11.0. The average molecular weight is 251 g/mol. The number of hydrogen-bond donors (Lipinski definition) is 2. The molecule has 0 unspecified atom stereocenters. The highest BCUT2D eigenvalue weighted by Gasteiger charge is 2.11. The molecule has 0 aliphatic rings. The van der Waals surface area contributed by atoms with Gasteiger partial charge in [0.1, 0.15) is 5.75 Å². The fourth-order valence-corrected chi connectivity index (χ4v) is 1.65. The Bertz CT molecular complexity index is 379. The molecule has 4 heteroatoms. The monoisotopic (exact) mass is 251 g/mol. The minimum atomic E-state index is -0.523. The highest BCUT2D eigenvalue weighted by Crippen LogP contribution is 2.26. The van der Waals surface area contributed by atoms with Gasteiger partial charge < -0.3 is 15.2 Å². The first-order valence-electron chi connectivity index (χ1n) is 6.35. The van der Waals surface area contributed by atoms with Crippen molar-refractivity contribution in [1.29, 1.82) is 0 Å². The SMILES string of the molecule is CCNC(=O)CCOc1ccccc1[C@@H](O)CC. The van der Waals surface area contributed by atoms with Crippen LogP contribution in [0.15, 0.2) is 24.3 Å². The van der Waals surface area contributed by atoms with E-state index in [0.29, 0.717) is 31.7 Å². The van der Waals surface area contributed by atoms with Crippen molar-refractivity contribution in [3.05, 3.63) is 29.8 Å². The van der Waals surface area contributed by atoms with E-state index < -0.39 is 6.10 Å². The molecule has 0 fully saturated rings. The lowest BCUT2D eigenvalue weighted by Gasteiger charge is -2.14. The van der Waals surface area contributed by atoms with Crippen LogP contribution in [0.4, 0.5) is 0 Å². The Balaban J connectivity index is 2.54. The number of aliphatic hydroxyl groups is 1. The smallest absolute Gasteiger partial charge is 0.223 e. The van der Waals surface area contributed by atoms with Crippen LogP contribution in [0.25, 0.3) is 0 Å². The van der Waals surface area contributed by atoms with Crippen molar-refractivity contribution < 1.29 is 14.6 Å². The third kappa shape index (κ3) is 4.37. The molecule has 1 atom stereocenters. The summed E-state index contributed by atoms with van der Waals surface area (Å²) in [7, 11) is 0. The lowest BCUT2D eigenvalue weighted by atomic mass is 10.1. The van der Waals surface area contributed by atoms with Gasteiger partial charge in [-0.3, -0.25) is 4.79 Å². The van der Waals surface area contributed by atoms with E-state index in [2.05, 4.69) is 5.32 Å². The summed E-state index contributed by atoms with van der Waals surface area (Å²) in [6.45, 7) is 4.74. The third-order valence-corrected chi connectivity index (χ3v) is 2.63. The Kier molecular flexibility index (Phi) is 6.22. The van der Waals surface area contributed by atoms with Gasteiger partial charge >= 0.3 is 0 Å². The van der Waals surface area contributed by atoms with E-state index in [1.165, 1.54) is 0 Å². The minimum Gasteiger partial charge on any atom is -0.493 e. The van der Waals surface area contributed by atoms with Crippen molar-refractivity contribution in [2.45, 2.75) is 32.8 Å². The van der Waals surface area contributed by atoms with E-state index in [-0.39, 0.29) is 5.91 Å². The Morgan fingerprint density at radius 2 is 2.11 bits per heavy atom. The largest absolute Gasteiger partial charge is 0.493 e. The first-order valence-corrected chi connectivity index (χ1v) is 6.35. The molecule has 2 N–H and O–H groups in total. The molecule has 0 bridgehead atoms. The molecule has 0 saturated carbocycles. The Morgan fingerprint density at radius 3 is 2.78 bits per heavy atom. The van der Waals surface area contributed by atoms with Gasteiger partial charge in [-0.1, -0.05) is 25.1 Å². The quantitative estimate of drug-likeness (QED) is 0.779. The van der Waals surface area contributed by atoms with Crippen LogP contribution in [-0.4, -0.2) is 24.2 Å². The maximum atomic E-state index is 11.3. The maximum absolute atomic E-state index is 11.3. The summed E-state index contributed by atoms with van der Waals surface area (Å²) >= 11 is 0. The van der Waals surface area contributed by atoms with Crippen molar-refractivity contribution in [2.24, 2.45) is 0 Å². The van der Waals surface area contributed by atoms with Crippen LogP contribution in [0.5, 0.6) is 5.75 Å². The van der Waals surface area contributed by atoms with Gasteiger partial charge in [-0.25, -0.2) is 0 Å². The molecule has 0 aliphatic heterocycles. The van der Waals surface area contributed by atoms with Crippen LogP contribution in [-0.2, 0) is 4.79 Å². The van der Waals surface area contributed by atoms with E-state index in [1.807, 2.05) is 38.1 Å². The lowest BCUT2D eigenvalue weighted by Crippen LogP contribution is -2.24. The van der Waals surface area contributed by atoms with Crippen molar-refractivity contribution in [2.75, 3.05) is 13.2 Å². The molecule has 0 aliphatic carbocycles. The van der Waals surface area contributed by atoms with E-state index in [9.17, 15) is 9.90 Å². The Labute approximate surface area is 108 Å². The van der Waals surface area contributed by atoms with Gasteiger partial charge in [0, 0.05) is 12.1 Å². The Hall–Kier alpha value is -1.55. The van der Waals surface area contributed by atoms with Gasteiger partial charge in [0.25, 0.3) is 0 Å². The second-order valence-electron chi connectivity index (χ2n) is 4.01. The number of benzene rings is 1. The molecule has 0 heterocycles. The van der Waals surface area contributed by atoms with Crippen LogP contribution in [0.1, 0.15) is 38.4 Å². The first kappa shape index (κ1) is 14.5. The summed E-state index contributed by atoms with van der Waals surface area (Å²) < 4.78 is 5.56. The number of hydrogen-bond acceptors (Lipinski definition) is 3. The van der Waals surface area contributed by atoms with Gasteiger partial charge in [0.05, 0.1) is 19.1 Å². The topological polar surface area (TPSA) is 58.6 Å². The number of nitrogens with one attached hydrogen (secondary N) is 1. The minimum absolute atomic E-state index is 0.0222. The fourth-order valence-electron chi connectivity index (χ4n) is 1.65. The molecular formula is C14H21NO3. The lowest BCUT2D eigenvalue weighted by molar-refractivity contribution is -0.121. The zero-order chi connectivity index (χ0) is 13.4. The van der Waals surface area contributed by atoms with E-state index >= 15 is 0 Å². The number of rotatable bonds is 7. The van der Waals surface area contributed by atoms with Gasteiger partial charge in [-0.05, 0) is 19.4 Å². The highest BCUT2D eigenvalue weighted by molar-refractivity contribution is 5.75. The van der Waals surface area contributed by atoms with Crippen LogP contribution in [0, 0.1) is 0 Å². The third-order valence-electron chi connectivity index (χ3n) is 2.63. The molecule has 1 aromatic carbocycles. The Morgan fingerprint density at radius 1 is 1.39 bits per heavy atom. The molecule has 1 aromatic rings. The van der Waals surface area contributed by atoms with Crippen molar-refractivity contribution >= 4 is 5.91 Å². The molecule has 0 radical (unpaired) electrons. The van der Waals surface area contributed by atoms with Crippen molar-refractivity contribution in [3.8, 4) is 5.75 Å². The van der Waals surface area contributed by atoms with E-state index in [1.54, 1.807) is 0 Å². The fraction of sp³-hybridized carbons (Fsp3) is 0.500. The number of carbonyl (C=O) groups excluding carboxylic acids is 1. The summed E-state index contributed by atoms with van der Waals surface area (Å²) in [5, 5.41) is 12.6. The predicted molar refractivity (Wildman–Crippen MR) is 70.5 cm³/mol. The van der Waals surface area contributed by atoms with Crippen LogP contribution >= 0.6 is 0 Å². The molecule has 0 aromatic heterocycles. The van der Waals surface area contributed by atoms with Gasteiger partial charge in [0.2, 0.25) is 5.91 Å². The number of aliphatic hydroxyl groups excluding tert-OH is 1. The van der Waals surface area contributed by atoms with Gasteiger partial charge in [-0.2, -0.15) is 0 Å². The van der Waals surface area contributed by atoms with Gasteiger partial charge in [-0.15, -0.1) is 0 Å². The maximum Gasteiger partial charge on any atom is 0.223 e. The molecule has 18 heavy (non-hydrogen) atoms. The normalized spacial score (nSPS) is 11.9. The predicted octanol–water partition coefficient (Wildman–Crippen LogP) is 2.04. The summed E-state index contributed by atoms with van der Waals surface area (Å²) in [4.78, 5) is 11.3. The van der Waals surface area contributed by atoms with E-state index in [0.717, 1.165) is 5.56 Å². The zero-order valence-electron chi connectivity index (χ0n) is 11.0. The molecule has 0 spiro atoms. The summed E-state index contributed by atoms with van der Waals surface area (Å²) in [6, 6.07) is 7.37. The second kappa shape index (κ2) is 7.71. The highest BCUT2D eigenvalue weighted by atomic mass is 16.5. The standard InChI is InChI=1S/C14H21NO3/c1-3-12(16)11-7-5-6-8-13(11)18-10-9-14(17)15-4-2/h5-8,12,16H,3-4,9-10H2,1-2H3,(H,15,17)/t12-/m0/s1. The van der Waals surface area contributed by atoms with Crippen molar-refractivity contribution in [3.63, 3.8) is 0 Å². The number of carbonyl (C=O) groups is 1. The van der Waals surface area contributed by atoms with E-state index in [4.69, 9.17) is 4.74 Å². The van der Waals surface area contributed by atoms with Crippen molar-refractivity contribution in [1.82, 2.24) is 5.32 Å². The van der Waals surface area contributed by atoms with Crippen LogP contribution in [0.3, 0.4) is 0 Å². The molecule has 4 nitrogen and oxygen atoms in total. The summed E-state index contributed by atoms with van der Waals surface area (Å²) in [5.41, 5.74) is 0.774. The summed E-state index contributed by atoms with van der Waals surface area (Å²) in [6.07, 6.45) is 0.437.